The van der Waals surface area contributed by atoms with Crippen LogP contribution in [0.4, 0.5) is 0 Å². The summed E-state index contributed by atoms with van der Waals surface area (Å²) in [6, 6.07) is 7.60. The van der Waals surface area contributed by atoms with Crippen LogP contribution in [0.2, 0.25) is 0 Å². The molecule has 0 aliphatic carbocycles. The van der Waals surface area contributed by atoms with Gasteiger partial charge in [0.05, 0.1) is 6.04 Å². The molecule has 5 heteroatoms. The molecule has 3 rings (SSSR count). The molecule has 1 aromatic rings. The third-order valence-electron chi connectivity index (χ3n) is 4.56. The highest BCUT2D eigenvalue weighted by Crippen LogP contribution is 2.31. The van der Waals surface area contributed by atoms with Crippen molar-refractivity contribution in [1.82, 2.24) is 9.80 Å². The SMILES string of the molecule is Cc1ccc([C@@H]2[C@@H](C(=O)N3CCCC3)OCC(=O)N2C)cc1. The van der Waals surface area contributed by atoms with Gasteiger partial charge < -0.3 is 14.5 Å². The number of carbonyl (C=O) groups is 2. The van der Waals surface area contributed by atoms with Crippen molar-refractivity contribution in [2.75, 3.05) is 26.7 Å². The maximum Gasteiger partial charge on any atom is 0.254 e. The van der Waals surface area contributed by atoms with Gasteiger partial charge in [-0.25, -0.2) is 0 Å². The van der Waals surface area contributed by atoms with Crippen molar-refractivity contribution in [3.8, 4) is 0 Å². The monoisotopic (exact) mass is 302 g/mol. The van der Waals surface area contributed by atoms with Crippen molar-refractivity contribution in [2.24, 2.45) is 0 Å². The Morgan fingerprint density at radius 1 is 1.18 bits per heavy atom. The highest BCUT2D eigenvalue weighted by molar-refractivity contribution is 5.86. The molecule has 2 fully saturated rings. The first kappa shape index (κ1) is 15.0. The molecule has 22 heavy (non-hydrogen) atoms. The number of amides is 2. The van der Waals surface area contributed by atoms with Crippen LogP contribution in [0.3, 0.4) is 0 Å². The fourth-order valence-corrected chi connectivity index (χ4v) is 3.20. The minimum atomic E-state index is -0.608. The Morgan fingerprint density at radius 2 is 1.82 bits per heavy atom. The van der Waals surface area contributed by atoms with Crippen LogP contribution in [0, 0.1) is 6.92 Å². The molecule has 2 aliphatic heterocycles. The molecule has 2 amide bonds. The minimum Gasteiger partial charge on any atom is -0.356 e. The lowest BCUT2D eigenvalue weighted by molar-refractivity contribution is -0.166. The van der Waals surface area contributed by atoms with Crippen LogP contribution in [-0.2, 0) is 14.3 Å². The van der Waals surface area contributed by atoms with Crippen LogP contribution in [0.25, 0.3) is 0 Å². The van der Waals surface area contributed by atoms with E-state index in [0.29, 0.717) is 0 Å². The number of rotatable bonds is 2. The molecule has 0 N–H and O–H groups in total. The second kappa shape index (κ2) is 6.08. The number of hydrogen-bond acceptors (Lipinski definition) is 3. The number of likely N-dealkylation sites (N-methyl/N-ethyl adjacent to an activating group) is 1. The van der Waals surface area contributed by atoms with Crippen LogP contribution in [0.15, 0.2) is 24.3 Å². The van der Waals surface area contributed by atoms with E-state index in [1.54, 1.807) is 11.9 Å². The summed E-state index contributed by atoms with van der Waals surface area (Å²) in [5.74, 6) is -0.0847. The molecule has 2 saturated heterocycles. The fraction of sp³-hybridized carbons (Fsp3) is 0.529. The van der Waals surface area contributed by atoms with E-state index >= 15 is 0 Å². The second-order valence-corrected chi connectivity index (χ2v) is 6.12. The average molecular weight is 302 g/mol. The first-order valence-electron chi connectivity index (χ1n) is 7.80. The van der Waals surface area contributed by atoms with Crippen molar-refractivity contribution < 1.29 is 14.3 Å². The summed E-state index contributed by atoms with van der Waals surface area (Å²) in [6.45, 7) is 3.57. The molecule has 118 valence electrons. The molecule has 0 bridgehead atoms. The summed E-state index contributed by atoms with van der Waals surface area (Å²) >= 11 is 0. The fourth-order valence-electron chi connectivity index (χ4n) is 3.20. The number of ether oxygens (including phenoxy) is 1. The van der Waals surface area contributed by atoms with Crippen molar-refractivity contribution in [3.05, 3.63) is 35.4 Å². The predicted molar refractivity (Wildman–Crippen MR) is 82.2 cm³/mol. The van der Waals surface area contributed by atoms with Crippen LogP contribution >= 0.6 is 0 Å². The molecule has 0 unspecified atom stereocenters. The van der Waals surface area contributed by atoms with E-state index in [0.717, 1.165) is 37.1 Å². The number of benzene rings is 1. The first-order valence-corrected chi connectivity index (χ1v) is 7.80. The predicted octanol–water partition coefficient (Wildman–Crippen LogP) is 1.52. The molecule has 0 radical (unpaired) electrons. The van der Waals surface area contributed by atoms with E-state index in [1.165, 1.54) is 0 Å². The summed E-state index contributed by atoms with van der Waals surface area (Å²) in [7, 11) is 1.75. The van der Waals surface area contributed by atoms with Crippen LogP contribution in [0.5, 0.6) is 0 Å². The van der Waals surface area contributed by atoms with Gasteiger partial charge in [0.1, 0.15) is 6.61 Å². The van der Waals surface area contributed by atoms with Gasteiger partial charge in [0.2, 0.25) is 5.91 Å². The summed E-state index contributed by atoms with van der Waals surface area (Å²) < 4.78 is 5.65. The lowest BCUT2D eigenvalue weighted by atomic mass is 9.96. The Labute approximate surface area is 130 Å². The van der Waals surface area contributed by atoms with Crippen LogP contribution in [-0.4, -0.2) is 54.5 Å². The van der Waals surface area contributed by atoms with Crippen molar-refractivity contribution >= 4 is 11.8 Å². The third kappa shape index (κ3) is 2.73. The molecule has 5 nitrogen and oxygen atoms in total. The lowest BCUT2D eigenvalue weighted by Crippen LogP contribution is -2.53. The molecule has 0 aromatic heterocycles. The smallest absolute Gasteiger partial charge is 0.254 e. The Kier molecular flexibility index (Phi) is 4.16. The summed E-state index contributed by atoms with van der Waals surface area (Å²) in [5, 5.41) is 0. The Bertz CT molecular complexity index is 564. The van der Waals surface area contributed by atoms with E-state index < -0.39 is 6.10 Å². The molecule has 1 aromatic carbocycles. The molecule has 0 saturated carbocycles. The number of hydrogen-bond donors (Lipinski definition) is 0. The van der Waals surface area contributed by atoms with E-state index in [-0.39, 0.29) is 24.5 Å². The molecule has 2 heterocycles. The molecule has 2 atom stereocenters. The number of aryl methyl sites for hydroxylation is 1. The number of carbonyl (C=O) groups excluding carboxylic acids is 2. The Hall–Kier alpha value is -1.88. The van der Waals surface area contributed by atoms with Crippen molar-refractivity contribution in [1.29, 1.82) is 0 Å². The van der Waals surface area contributed by atoms with Gasteiger partial charge in [-0.2, -0.15) is 0 Å². The summed E-state index contributed by atoms with van der Waals surface area (Å²) in [4.78, 5) is 28.3. The zero-order valence-electron chi connectivity index (χ0n) is 13.1. The molecular formula is C17H22N2O3. The lowest BCUT2D eigenvalue weighted by Gasteiger charge is -2.39. The van der Waals surface area contributed by atoms with Crippen LogP contribution < -0.4 is 0 Å². The van der Waals surface area contributed by atoms with E-state index in [2.05, 4.69) is 0 Å². The first-order chi connectivity index (χ1) is 10.6. The van der Waals surface area contributed by atoms with E-state index in [1.807, 2.05) is 36.1 Å². The molecule has 0 spiro atoms. The van der Waals surface area contributed by atoms with Gasteiger partial charge in [-0.15, -0.1) is 0 Å². The Morgan fingerprint density at radius 3 is 2.45 bits per heavy atom. The number of morpholine rings is 1. The maximum atomic E-state index is 12.8. The third-order valence-corrected chi connectivity index (χ3v) is 4.56. The normalized spacial score (nSPS) is 25.6. The Balaban J connectivity index is 1.90. The highest BCUT2D eigenvalue weighted by atomic mass is 16.5. The van der Waals surface area contributed by atoms with E-state index in [4.69, 9.17) is 4.74 Å². The number of likely N-dealkylation sites (tertiary alicyclic amines) is 1. The van der Waals surface area contributed by atoms with Gasteiger partial charge in [0.25, 0.3) is 5.91 Å². The molecule has 2 aliphatic rings. The minimum absolute atomic E-state index is 0.00225. The standard InChI is InChI=1S/C17H22N2O3/c1-12-5-7-13(8-6-12)15-16(22-11-14(20)18(15)2)17(21)19-9-3-4-10-19/h5-8,15-16H,3-4,9-11H2,1-2H3/t15-,16+/m1/s1. The molecular weight excluding hydrogens is 280 g/mol. The average Bonchev–Trinajstić information content (AvgIpc) is 3.05. The zero-order chi connectivity index (χ0) is 15.7. The van der Waals surface area contributed by atoms with Gasteiger partial charge in [0.15, 0.2) is 6.10 Å². The maximum absolute atomic E-state index is 12.8. The van der Waals surface area contributed by atoms with E-state index in [9.17, 15) is 9.59 Å². The quantitative estimate of drug-likeness (QED) is 0.832. The van der Waals surface area contributed by atoms with Crippen molar-refractivity contribution in [3.63, 3.8) is 0 Å². The van der Waals surface area contributed by atoms with Gasteiger partial charge in [-0.1, -0.05) is 29.8 Å². The largest absolute Gasteiger partial charge is 0.356 e. The highest BCUT2D eigenvalue weighted by Gasteiger charge is 2.42. The van der Waals surface area contributed by atoms with Gasteiger partial charge in [-0.05, 0) is 25.3 Å². The van der Waals surface area contributed by atoms with Gasteiger partial charge >= 0.3 is 0 Å². The van der Waals surface area contributed by atoms with Gasteiger partial charge in [-0.3, -0.25) is 9.59 Å². The number of nitrogens with zero attached hydrogens (tertiary/aromatic N) is 2. The zero-order valence-corrected chi connectivity index (χ0v) is 13.1. The summed E-state index contributed by atoms with van der Waals surface area (Å²) in [6.07, 6.45) is 1.48. The summed E-state index contributed by atoms with van der Waals surface area (Å²) in [5.41, 5.74) is 2.09. The van der Waals surface area contributed by atoms with Crippen LogP contribution in [0.1, 0.15) is 30.0 Å². The second-order valence-electron chi connectivity index (χ2n) is 6.12. The topological polar surface area (TPSA) is 49.9 Å². The van der Waals surface area contributed by atoms with Gasteiger partial charge in [0, 0.05) is 20.1 Å². The van der Waals surface area contributed by atoms with Crippen molar-refractivity contribution in [2.45, 2.75) is 31.9 Å².